The molecule has 0 aliphatic carbocycles. The van der Waals surface area contributed by atoms with E-state index in [1.807, 2.05) is 25.1 Å². The summed E-state index contributed by atoms with van der Waals surface area (Å²) >= 11 is 3.42. The van der Waals surface area contributed by atoms with Gasteiger partial charge in [-0.25, -0.2) is 0 Å². The van der Waals surface area contributed by atoms with Crippen LogP contribution in [0.2, 0.25) is 0 Å². The molecule has 0 atom stereocenters. The zero-order valence-corrected chi connectivity index (χ0v) is 12.2. The van der Waals surface area contributed by atoms with E-state index in [4.69, 9.17) is 10.2 Å². The van der Waals surface area contributed by atoms with Gasteiger partial charge in [0.2, 0.25) is 0 Å². The van der Waals surface area contributed by atoms with E-state index < -0.39 is 0 Å². The maximum absolute atomic E-state index is 12.0. The molecule has 0 saturated heterocycles. The van der Waals surface area contributed by atoms with Crippen molar-refractivity contribution >= 4 is 27.5 Å². The summed E-state index contributed by atoms with van der Waals surface area (Å²) in [7, 11) is 0. The third-order valence-electron chi connectivity index (χ3n) is 2.65. The SMILES string of the molecule is Cc1ccc(NC(=O)c2ccc(CCN)o2)c(Br)c1. The van der Waals surface area contributed by atoms with Crippen LogP contribution in [0.15, 0.2) is 39.2 Å². The number of halogens is 1. The van der Waals surface area contributed by atoms with E-state index in [1.54, 1.807) is 12.1 Å². The quantitative estimate of drug-likeness (QED) is 0.908. The van der Waals surface area contributed by atoms with Gasteiger partial charge in [0.15, 0.2) is 5.76 Å². The van der Waals surface area contributed by atoms with E-state index in [2.05, 4.69) is 21.2 Å². The molecule has 0 radical (unpaired) electrons. The number of nitrogens with two attached hydrogens (primary N) is 1. The molecule has 1 aromatic heterocycles. The van der Waals surface area contributed by atoms with Crippen LogP contribution in [0.4, 0.5) is 5.69 Å². The lowest BCUT2D eigenvalue weighted by molar-refractivity contribution is 0.0995. The molecule has 2 aromatic rings. The monoisotopic (exact) mass is 322 g/mol. The van der Waals surface area contributed by atoms with E-state index >= 15 is 0 Å². The van der Waals surface area contributed by atoms with Gasteiger partial charge < -0.3 is 15.5 Å². The van der Waals surface area contributed by atoms with Crippen LogP contribution < -0.4 is 11.1 Å². The lowest BCUT2D eigenvalue weighted by atomic mass is 10.2. The van der Waals surface area contributed by atoms with Crippen LogP contribution in [0.5, 0.6) is 0 Å². The molecule has 3 N–H and O–H groups in total. The second kappa shape index (κ2) is 6.04. The predicted molar refractivity (Wildman–Crippen MR) is 78.3 cm³/mol. The number of anilines is 1. The van der Waals surface area contributed by atoms with Crippen molar-refractivity contribution in [2.24, 2.45) is 5.73 Å². The molecule has 100 valence electrons. The molecule has 1 heterocycles. The van der Waals surface area contributed by atoms with Crippen LogP contribution in [0.25, 0.3) is 0 Å². The molecule has 1 amide bonds. The summed E-state index contributed by atoms with van der Waals surface area (Å²) in [5.41, 5.74) is 7.27. The summed E-state index contributed by atoms with van der Waals surface area (Å²) < 4.78 is 6.26. The van der Waals surface area contributed by atoms with Crippen LogP contribution in [0.3, 0.4) is 0 Å². The first-order valence-corrected chi connectivity index (χ1v) is 6.75. The van der Waals surface area contributed by atoms with Gasteiger partial charge in [-0.3, -0.25) is 4.79 Å². The molecule has 0 aliphatic rings. The van der Waals surface area contributed by atoms with Crippen LogP contribution in [-0.4, -0.2) is 12.5 Å². The third kappa shape index (κ3) is 3.45. The average molecular weight is 323 g/mol. The molecule has 0 saturated carbocycles. The fourth-order valence-electron chi connectivity index (χ4n) is 1.68. The summed E-state index contributed by atoms with van der Waals surface area (Å²) in [6.07, 6.45) is 0.626. The minimum atomic E-state index is -0.271. The number of carbonyl (C=O) groups excluding carboxylic acids is 1. The lowest BCUT2D eigenvalue weighted by Gasteiger charge is -2.06. The number of nitrogens with one attached hydrogen (secondary N) is 1. The number of carbonyl (C=O) groups is 1. The van der Waals surface area contributed by atoms with Gasteiger partial charge >= 0.3 is 0 Å². The summed E-state index contributed by atoms with van der Waals surface area (Å²) in [6.45, 7) is 2.49. The summed E-state index contributed by atoms with van der Waals surface area (Å²) in [5, 5.41) is 2.80. The highest BCUT2D eigenvalue weighted by Crippen LogP contribution is 2.24. The highest BCUT2D eigenvalue weighted by molar-refractivity contribution is 9.10. The Morgan fingerprint density at radius 2 is 2.16 bits per heavy atom. The molecular weight excluding hydrogens is 308 g/mol. The van der Waals surface area contributed by atoms with Gasteiger partial charge in [0.1, 0.15) is 5.76 Å². The standard InChI is InChI=1S/C14H15BrN2O2/c1-9-2-4-12(11(15)8-9)17-14(18)13-5-3-10(19-13)6-7-16/h2-5,8H,6-7,16H2,1H3,(H,17,18). The second-order valence-corrected chi connectivity index (χ2v) is 5.10. The van der Waals surface area contributed by atoms with Gasteiger partial charge in [0.05, 0.1) is 5.69 Å². The van der Waals surface area contributed by atoms with Crippen molar-refractivity contribution in [1.29, 1.82) is 0 Å². The molecule has 0 unspecified atom stereocenters. The topological polar surface area (TPSA) is 68.3 Å². The van der Waals surface area contributed by atoms with Crippen molar-refractivity contribution in [3.63, 3.8) is 0 Å². The molecule has 0 spiro atoms. The van der Waals surface area contributed by atoms with Gasteiger partial charge in [-0.15, -0.1) is 0 Å². The highest BCUT2D eigenvalue weighted by atomic mass is 79.9. The maximum Gasteiger partial charge on any atom is 0.291 e. The Labute approximate surface area is 120 Å². The predicted octanol–water partition coefficient (Wildman–Crippen LogP) is 3.10. The second-order valence-electron chi connectivity index (χ2n) is 4.24. The van der Waals surface area contributed by atoms with Crippen molar-refractivity contribution in [2.75, 3.05) is 11.9 Å². The van der Waals surface area contributed by atoms with Gasteiger partial charge in [-0.05, 0) is 59.2 Å². The van der Waals surface area contributed by atoms with E-state index in [0.717, 1.165) is 15.8 Å². The minimum Gasteiger partial charge on any atom is -0.456 e. The number of aryl methyl sites for hydroxylation is 1. The summed E-state index contributed by atoms with van der Waals surface area (Å²) in [5.74, 6) is 0.736. The van der Waals surface area contributed by atoms with Crippen molar-refractivity contribution in [2.45, 2.75) is 13.3 Å². The number of amides is 1. The fraction of sp³-hybridized carbons (Fsp3) is 0.214. The molecule has 19 heavy (non-hydrogen) atoms. The first-order chi connectivity index (χ1) is 9.10. The number of rotatable bonds is 4. The molecule has 4 nitrogen and oxygen atoms in total. The van der Waals surface area contributed by atoms with Crippen LogP contribution in [-0.2, 0) is 6.42 Å². The third-order valence-corrected chi connectivity index (χ3v) is 3.31. The van der Waals surface area contributed by atoms with Crippen molar-refractivity contribution in [3.05, 3.63) is 51.9 Å². The zero-order chi connectivity index (χ0) is 13.8. The van der Waals surface area contributed by atoms with Crippen molar-refractivity contribution in [3.8, 4) is 0 Å². The van der Waals surface area contributed by atoms with Gasteiger partial charge in [0, 0.05) is 10.9 Å². The smallest absolute Gasteiger partial charge is 0.291 e. The Morgan fingerprint density at radius 1 is 1.37 bits per heavy atom. The molecular formula is C14H15BrN2O2. The van der Waals surface area contributed by atoms with E-state index in [0.29, 0.717) is 18.7 Å². The first kappa shape index (κ1) is 13.8. The number of benzene rings is 1. The Hall–Kier alpha value is -1.59. The number of hydrogen-bond acceptors (Lipinski definition) is 3. The lowest BCUT2D eigenvalue weighted by Crippen LogP contribution is -2.11. The largest absolute Gasteiger partial charge is 0.456 e. The van der Waals surface area contributed by atoms with Crippen molar-refractivity contribution in [1.82, 2.24) is 0 Å². The Kier molecular flexibility index (Phi) is 4.39. The molecule has 0 aliphatic heterocycles. The molecule has 2 rings (SSSR count). The van der Waals surface area contributed by atoms with E-state index in [-0.39, 0.29) is 11.7 Å². The molecule has 0 fully saturated rings. The van der Waals surface area contributed by atoms with Gasteiger partial charge in [-0.2, -0.15) is 0 Å². The van der Waals surface area contributed by atoms with Gasteiger partial charge in [0.25, 0.3) is 5.91 Å². The van der Waals surface area contributed by atoms with Crippen LogP contribution in [0.1, 0.15) is 21.9 Å². The normalized spacial score (nSPS) is 10.5. The Bertz CT molecular complexity index is 593. The number of furan rings is 1. The zero-order valence-electron chi connectivity index (χ0n) is 10.6. The number of hydrogen-bond donors (Lipinski definition) is 2. The fourth-order valence-corrected chi connectivity index (χ4v) is 2.27. The first-order valence-electron chi connectivity index (χ1n) is 5.96. The Balaban J connectivity index is 2.11. The summed E-state index contributed by atoms with van der Waals surface area (Å²) in [6, 6.07) is 9.15. The summed E-state index contributed by atoms with van der Waals surface area (Å²) in [4.78, 5) is 12.0. The van der Waals surface area contributed by atoms with Gasteiger partial charge in [-0.1, -0.05) is 6.07 Å². The minimum absolute atomic E-state index is 0.271. The van der Waals surface area contributed by atoms with E-state index in [1.165, 1.54) is 0 Å². The average Bonchev–Trinajstić information content (AvgIpc) is 2.82. The molecule has 1 aromatic carbocycles. The molecule has 0 bridgehead atoms. The highest BCUT2D eigenvalue weighted by Gasteiger charge is 2.12. The van der Waals surface area contributed by atoms with Crippen LogP contribution in [0, 0.1) is 6.92 Å². The Morgan fingerprint density at radius 3 is 2.84 bits per heavy atom. The van der Waals surface area contributed by atoms with Crippen molar-refractivity contribution < 1.29 is 9.21 Å². The maximum atomic E-state index is 12.0. The molecule has 5 heteroatoms. The van der Waals surface area contributed by atoms with E-state index in [9.17, 15) is 4.79 Å². The van der Waals surface area contributed by atoms with Crippen LogP contribution >= 0.6 is 15.9 Å².